The number of hydrogen-bond donors (Lipinski definition) is 0. The van der Waals surface area contributed by atoms with Crippen LogP contribution in [-0.2, 0) is 0 Å². The van der Waals surface area contributed by atoms with Crippen molar-refractivity contribution in [2.45, 2.75) is 19.3 Å². The third-order valence-electron chi connectivity index (χ3n) is 7.39. The molecule has 5 rings (SSSR count). The number of rotatable bonds is 10. The van der Waals surface area contributed by atoms with Crippen LogP contribution in [0.1, 0.15) is 35.2 Å². The lowest BCUT2D eigenvalue weighted by molar-refractivity contribution is 0.104. The Kier molecular flexibility index (Phi) is 8.33. The molecule has 4 aromatic rings. The molecule has 1 heterocycles. The monoisotopic (exact) mass is 525 g/mol. The molecule has 0 unspecified atom stereocenters. The van der Waals surface area contributed by atoms with E-state index in [4.69, 9.17) is 18.9 Å². The fraction of sp³-hybridized carbons (Fsp3) is 0.303. The van der Waals surface area contributed by atoms with E-state index in [1.807, 2.05) is 72.8 Å². The molecule has 202 valence electrons. The van der Waals surface area contributed by atoms with Gasteiger partial charge in [0.05, 0.1) is 21.3 Å². The van der Waals surface area contributed by atoms with Crippen molar-refractivity contribution in [3.8, 4) is 34.1 Å². The van der Waals surface area contributed by atoms with E-state index in [9.17, 15) is 4.79 Å². The number of fused-ring (bicyclic) bond motifs is 1. The zero-order valence-electron chi connectivity index (χ0n) is 22.9. The predicted octanol–water partition coefficient (Wildman–Crippen LogP) is 6.63. The van der Waals surface area contributed by atoms with Gasteiger partial charge in [-0.25, -0.2) is 0 Å². The van der Waals surface area contributed by atoms with Crippen molar-refractivity contribution < 1.29 is 23.7 Å². The molecule has 0 atom stereocenters. The van der Waals surface area contributed by atoms with Crippen molar-refractivity contribution in [1.82, 2.24) is 4.90 Å². The summed E-state index contributed by atoms with van der Waals surface area (Å²) in [7, 11) is 4.86. The van der Waals surface area contributed by atoms with Gasteiger partial charge in [0.1, 0.15) is 18.1 Å². The summed E-state index contributed by atoms with van der Waals surface area (Å²) < 4.78 is 22.4. The number of piperidine rings is 1. The lowest BCUT2D eigenvalue weighted by Gasteiger charge is -2.26. The highest BCUT2D eigenvalue weighted by atomic mass is 16.5. The number of ether oxygens (including phenoxy) is 4. The maximum absolute atomic E-state index is 14.1. The standard InChI is InChI=1S/C33H35NO5/c1-36-27-13-15-29-24(21-27)9-14-28(25-10-16-30(37-2)31(22-25)38-3)32(29)33(35)23-7-11-26(12-8-23)39-20-19-34-17-5-4-6-18-34/h7-16,21-22H,4-6,17-20H2,1-3H3. The van der Waals surface area contributed by atoms with Gasteiger partial charge in [0, 0.05) is 17.7 Å². The Morgan fingerprint density at radius 1 is 0.744 bits per heavy atom. The molecule has 0 aromatic heterocycles. The van der Waals surface area contributed by atoms with Crippen LogP contribution in [0.4, 0.5) is 0 Å². The quantitative estimate of drug-likeness (QED) is 0.217. The number of nitrogens with zero attached hydrogens (tertiary/aromatic N) is 1. The van der Waals surface area contributed by atoms with E-state index in [1.165, 1.54) is 19.3 Å². The van der Waals surface area contributed by atoms with Crippen LogP contribution in [0, 0.1) is 0 Å². The molecule has 1 fully saturated rings. The molecule has 39 heavy (non-hydrogen) atoms. The summed E-state index contributed by atoms with van der Waals surface area (Å²) >= 11 is 0. The molecule has 4 aromatic carbocycles. The van der Waals surface area contributed by atoms with Crippen molar-refractivity contribution in [3.05, 3.63) is 83.9 Å². The second-order valence-electron chi connectivity index (χ2n) is 9.75. The molecule has 0 bridgehead atoms. The number of ketones is 1. The fourth-order valence-electron chi connectivity index (χ4n) is 5.25. The number of carbonyl (C=O) groups is 1. The summed E-state index contributed by atoms with van der Waals surface area (Å²) in [4.78, 5) is 16.5. The molecule has 6 nitrogen and oxygen atoms in total. The second kappa shape index (κ2) is 12.2. The Labute approximate surface area is 230 Å². The van der Waals surface area contributed by atoms with Gasteiger partial charge >= 0.3 is 0 Å². The van der Waals surface area contributed by atoms with Gasteiger partial charge in [0.15, 0.2) is 17.3 Å². The van der Waals surface area contributed by atoms with Crippen LogP contribution in [0.3, 0.4) is 0 Å². The van der Waals surface area contributed by atoms with Crippen molar-refractivity contribution in [2.75, 3.05) is 47.6 Å². The molecular weight excluding hydrogens is 490 g/mol. The maximum atomic E-state index is 14.1. The van der Waals surface area contributed by atoms with E-state index in [0.717, 1.165) is 53.0 Å². The minimum Gasteiger partial charge on any atom is -0.497 e. The molecule has 1 aliphatic heterocycles. The minimum absolute atomic E-state index is 0.0598. The SMILES string of the molecule is COc1ccc2c(C(=O)c3ccc(OCCN4CCCCC4)cc3)c(-c3ccc(OC)c(OC)c3)ccc2c1. The van der Waals surface area contributed by atoms with Crippen molar-refractivity contribution in [2.24, 2.45) is 0 Å². The summed E-state index contributed by atoms with van der Waals surface area (Å²) in [5.74, 6) is 2.69. The van der Waals surface area contributed by atoms with E-state index in [-0.39, 0.29) is 5.78 Å². The summed E-state index contributed by atoms with van der Waals surface area (Å²) in [6.45, 7) is 3.86. The van der Waals surface area contributed by atoms with Crippen LogP contribution in [0.5, 0.6) is 23.0 Å². The average Bonchev–Trinajstić information content (AvgIpc) is 3.00. The molecule has 0 aliphatic carbocycles. The largest absolute Gasteiger partial charge is 0.497 e. The van der Waals surface area contributed by atoms with Gasteiger partial charge in [-0.2, -0.15) is 0 Å². The first-order valence-electron chi connectivity index (χ1n) is 13.4. The number of carbonyl (C=O) groups excluding carboxylic acids is 1. The van der Waals surface area contributed by atoms with E-state index in [2.05, 4.69) is 4.90 Å². The number of hydrogen-bond acceptors (Lipinski definition) is 6. The first-order chi connectivity index (χ1) is 19.1. The summed E-state index contributed by atoms with van der Waals surface area (Å²) in [5, 5.41) is 1.79. The normalized spacial score (nSPS) is 13.7. The van der Waals surface area contributed by atoms with Crippen LogP contribution in [0.2, 0.25) is 0 Å². The molecule has 1 saturated heterocycles. The van der Waals surface area contributed by atoms with Crippen LogP contribution < -0.4 is 18.9 Å². The molecule has 0 amide bonds. The number of methoxy groups -OCH3 is 3. The summed E-state index contributed by atoms with van der Waals surface area (Å²) in [5.41, 5.74) is 2.91. The molecule has 0 radical (unpaired) electrons. The highest BCUT2D eigenvalue weighted by Crippen LogP contribution is 2.38. The topological polar surface area (TPSA) is 57.2 Å². The summed E-state index contributed by atoms with van der Waals surface area (Å²) in [6.07, 6.45) is 3.86. The van der Waals surface area contributed by atoms with Gasteiger partial charge in [0.2, 0.25) is 0 Å². The van der Waals surface area contributed by atoms with E-state index >= 15 is 0 Å². The van der Waals surface area contributed by atoms with Gasteiger partial charge in [-0.15, -0.1) is 0 Å². The molecule has 6 heteroatoms. The smallest absolute Gasteiger partial charge is 0.194 e. The third kappa shape index (κ3) is 5.86. The molecule has 1 aliphatic rings. The minimum atomic E-state index is -0.0598. The molecule has 0 saturated carbocycles. The summed E-state index contributed by atoms with van der Waals surface area (Å²) in [6, 6.07) is 22.9. The van der Waals surface area contributed by atoms with E-state index < -0.39 is 0 Å². The van der Waals surface area contributed by atoms with Crippen LogP contribution in [0.15, 0.2) is 72.8 Å². The van der Waals surface area contributed by atoms with Gasteiger partial charge in [-0.3, -0.25) is 9.69 Å². The highest BCUT2D eigenvalue weighted by molar-refractivity contribution is 6.20. The van der Waals surface area contributed by atoms with Crippen molar-refractivity contribution >= 4 is 16.6 Å². The zero-order chi connectivity index (χ0) is 27.2. The zero-order valence-corrected chi connectivity index (χ0v) is 22.9. The fourth-order valence-corrected chi connectivity index (χ4v) is 5.25. The Bertz CT molecular complexity index is 1440. The average molecular weight is 526 g/mol. The third-order valence-corrected chi connectivity index (χ3v) is 7.39. The van der Waals surface area contributed by atoms with Crippen molar-refractivity contribution in [1.29, 1.82) is 0 Å². The Morgan fingerprint density at radius 3 is 2.21 bits per heavy atom. The van der Waals surface area contributed by atoms with Crippen LogP contribution in [-0.4, -0.2) is 58.3 Å². The van der Waals surface area contributed by atoms with Gasteiger partial charge in [-0.1, -0.05) is 24.6 Å². The maximum Gasteiger partial charge on any atom is 0.194 e. The van der Waals surface area contributed by atoms with Gasteiger partial charge < -0.3 is 18.9 Å². The van der Waals surface area contributed by atoms with Crippen molar-refractivity contribution in [3.63, 3.8) is 0 Å². The Hall–Kier alpha value is -4.03. The number of likely N-dealkylation sites (tertiary alicyclic amines) is 1. The van der Waals surface area contributed by atoms with Crippen LogP contribution >= 0.6 is 0 Å². The van der Waals surface area contributed by atoms with Crippen LogP contribution in [0.25, 0.3) is 21.9 Å². The van der Waals surface area contributed by atoms with E-state index in [0.29, 0.717) is 29.2 Å². The predicted molar refractivity (Wildman–Crippen MR) is 155 cm³/mol. The molecular formula is C33H35NO5. The first kappa shape index (κ1) is 26.6. The first-order valence-corrected chi connectivity index (χ1v) is 13.4. The number of benzene rings is 4. The molecule has 0 spiro atoms. The second-order valence-corrected chi connectivity index (χ2v) is 9.75. The Morgan fingerprint density at radius 2 is 1.49 bits per heavy atom. The molecule has 0 N–H and O–H groups in total. The lowest BCUT2D eigenvalue weighted by Crippen LogP contribution is -2.33. The van der Waals surface area contributed by atoms with Gasteiger partial charge in [-0.05, 0) is 102 Å². The Balaban J connectivity index is 1.47. The van der Waals surface area contributed by atoms with E-state index in [1.54, 1.807) is 21.3 Å². The highest BCUT2D eigenvalue weighted by Gasteiger charge is 2.20. The lowest BCUT2D eigenvalue weighted by atomic mass is 9.89. The van der Waals surface area contributed by atoms with Gasteiger partial charge in [0.25, 0.3) is 0 Å².